The number of carbonyl (C=O) groups is 1. The molecule has 8 nitrogen and oxygen atoms in total. The Morgan fingerprint density at radius 2 is 1.76 bits per heavy atom. The molecule has 0 unspecified atom stereocenters. The zero-order valence-corrected chi connectivity index (χ0v) is 16.5. The lowest BCUT2D eigenvalue weighted by Crippen LogP contribution is -2.28. The molecule has 29 heavy (non-hydrogen) atoms. The summed E-state index contributed by atoms with van der Waals surface area (Å²) in [6.45, 7) is 0. The van der Waals surface area contributed by atoms with E-state index in [-0.39, 0.29) is 23.0 Å². The van der Waals surface area contributed by atoms with Crippen LogP contribution >= 0.6 is 11.8 Å². The number of H-pyrrole nitrogens is 1. The molecule has 2 heterocycles. The molecule has 0 saturated heterocycles. The van der Waals surface area contributed by atoms with Crippen molar-refractivity contribution in [1.29, 1.82) is 0 Å². The van der Waals surface area contributed by atoms with E-state index in [1.807, 2.05) is 60.7 Å². The highest BCUT2D eigenvalue weighted by atomic mass is 32.2. The Labute approximate surface area is 170 Å². The number of carbonyl (C=O) groups excluding carboxylic acids is 1. The predicted octanol–water partition coefficient (Wildman–Crippen LogP) is 2.16. The van der Waals surface area contributed by atoms with Crippen LogP contribution in [0.1, 0.15) is 11.3 Å². The van der Waals surface area contributed by atoms with Crippen LogP contribution in [0.3, 0.4) is 0 Å². The van der Waals surface area contributed by atoms with Crippen molar-refractivity contribution in [1.82, 2.24) is 24.8 Å². The summed E-state index contributed by atoms with van der Waals surface area (Å²) in [6.07, 6.45) is 0.393. The van der Waals surface area contributed by atoms with Crippen molar-refractivity contribution < 1.29 is 4.79 Å². The van der Waals surface area contributed by atoms with E-state index < -0.39 is 0 Å². The first-order valence-electron chi connectivity index (χ1n) is 8.95. The number of nitrogens with zero attached hydrogens (tertiary/aromatic N) is 5. The number of thioether (sulfide) groups is 1. The lowest BCUT2D eigenvalue weighted by molar-refractivity contribution is -0.115. The predicted molar refractivity (Wildman–Crippen MR) is 111 cm³/mol. The van der Waals surface area contributed by atoms with Crippen LogP contribution in [0, 0.1) is 0 Å². The summed E-state index contributed by atoms with van der Waals surface area (Å²) in [6, 6.07) is 19.0. The lowest BCUT2D eigenvalue weighted by atomic mass is 10.1. The Balaban J connectivity index is 1.53. The highest BCUT2D eigenvalue weighted by Crippen LogP contribution is 2.18. The van der Waals surface area contributed by atoms with Gasteiger partial charge in [0.05, 0.1) is 5.75 Å². The van der Waals surface area contributed by atoms with E-state index >= 15 is 0 Å². The van der Waals surface area contributed by atoms with Gasteiger partial charge in [-0.2, -0.15) is 9.61 Å². The minimum atomic E-state index is -0.301. The van der Waals surface area contributed by atoms with Crippen LogP contribution in [0.2, 0.25) is 0 Å². The second-order valence-electron chi connectivity index (χ2n) is 6.36. The average Bonchev–Trinajstić information content (AvgIpc) is 3.14. The average molecular weight is 406 g/mol. The molecule has 0 spiro atoms. The van der Waals surface area contributed by atoms with Crippen LogP contribution in [-0.4, -0.2) is 43.5 Å². The van der Waals surface area contributed by atoms with Gasteiger partial charge < -0.3 is 4.90 Å². The van der Waals surface area contributed by atoms with E-state index in [9.17, 15) is 9.59 Å². The summed E-state index contributed by atoms with van der Waals surface area (Å²) in [5.74, 6) is 0.339. The fourth-order valence-corrected chi connectivity index (χ4v) is 3.58. The molecule has 2 aromatic carbocycles. The van der Waals surface area contributed by atoms with Gasteiger partial charge in [-0.1, -0.05) is 60.3 Å². The summed E-state index contributed by atoms with van der Waals surface area (Å²) in [7, 11) is 1.73. The molecule has 0 atom stereocenters. The third-order valence-electron chi connectivity index (χ3n) is 4.38. The van der Waals surface area contributed by atoms with Crippen molar-refractivity contribution in [2.45, 2.75) is 11.6 Å². The Bertz CT molecular complexity index is 1190. The number of aromatic amines is 1. The number of benzene rings is 2. The van der Waals surface area contributed by atoms with Crippen molar-refractivity contribution in [2.75, 3.05) is 17.7 Å². The van der Waals surface area contributed by atoms with Gasteiger partial charge in [0.1, 0.15) is 5.69 Å². The second-order valence-corrected chi connectivity index (χ2v) is 7.30. The molecule has 0 bridgehead atoms. The van der Waals surface area contributed by atoms with Crippen LogP contribution < -0.4 is 10.5 Å². The molecule has 4 aromatic rings. The fourth-order valence-electron chi connectivity index (χ4n) is 2.79. The van der Waals surface area contributed by atoms with Crippen molar-refractivity contribution in [3.8, 4) is 0 Å². The molecular weight excluding hydrogens is 388 g/mol. The van der Waals surface area contributed by atoms with E-state index in [0.29, 0.717) is 17.3 Å². The minimum absolute atomic E-state index is 0.0770. The molecular formula is C20H18N6O2S. The van der Waals surface area contributed by atoms with Crippen LogP contribution in [-0.2, 0) is 11.2 Å². The molecule has 4 rings (SSSR count). The SMILES string of the molecule is CN(C(=O)CSc1nnc2[nH]c(=O)c(Cc3ccccc3)nn12)c1ccccc1. The van der Waals surface area contributed by atoms with Crippen LogP contribution in [0.25, 0.3) is 5.78 Å². The number of nitrogens with one attached hydrogen (secondary N) is 1. The number of amides is 1. The normalized spacial score (nSPS) is 10.9. The molecule has 0 aliphatic carbocycles. The summed E-state index contributed by atoms with van der Waals surface area (Å²) in [5.41, 5.74) is 1.85. The van der Waals surface area contributed by atoms with Gasteiger partial charge in [-0.25, -0.2) is 0 Å². The van der Waals surface area contributed by atoms with Crippen LogP contribution in [0.15, 0.2) is 70.6 Å². The van der Waals surface area contributed by atoms with Gasteiger partial charge >= 0.3 is 0 Å². The first-order valence-corrected chi connectivity index (χ1v) is 9.93. The van der Waals surface area contributed by atoms with E-state index in [1.54, 1.807) is 11.9 Å². The van der Waals surface area contributed by atoms with Gasteiger partial charge in [0.2, 0.25) is 11.1 Å². The molecule has 0 aliphatic heterocycles. The molecule has 9 heteroatoms. The van der Waals surface area contributed by atoms with Gasteiger partial charge in [-0.3, -0.25) is 14.6 Å². The lowest BCUT2D eigenvalue weighted by Gasteiger charge is -2.16. The first-order chi connectivity index (χ1) is 14.1. The number of para-hydroxylation sites is 1. The largest absolute Gasteiger partial charge is 0.315 e. The second kappa shape index (κ2) is 8.27. The molecule has 0 saturated carbocycles. The zero-order valence-electron chi connectivity index (χ0n) is 15.6. The Kier molecular flexibility index (Phi) is 5.39. The Morgan fingerprint density at radius 3 is 2.48 bits per heavy atom. The van der Waals surface area contributed by atoms with Gasteiger partial charge in [0, 0.05) is 19.2 Å². The molecule has 0 radical (unpaired) electrons. The number of fused-ring (bicyclic) bond motifs is 1. The van der Waals surface area contributed by atoms with Crippen LogP contribution in [0.5, 0.6) is 0 Å². The summed E-state index contributed by atoms with van der Waals surface area (Å²) < 4.78 is 1.47. The van der Waals surface area contributed by atoms with Gasteiger partial charge in [-0.15, -0.1) is 10.2 Å². The van der Waals surface area contributed by atoms with E-state index in [1.165, 1.54) is 16.3 Å². The topological polar surface area (TPSA) is 96.2 Å². The summed E-state index contributed by atoms with van der Waals surface area (Å²) >= 11 is 1.22. The number of rotatable bonds is 6. The minimum Gasteiger partial charge on any atom is -0.315 e. The fraction of sp³-hybridized carbons (Fsp3) is 0.150. The third kappa shape index (κ3) is 4.19. The van der Waals surface area contributed by atoms with Gasteiger partial charge in [0.15, 0.2) is 0 Å². The van der Waals surface area contributed by atoms with Crippen molar-refractivity contribution in [2.24, 2.45) is 0 Å². The van der Waals surface area contributed by atoms with Crippen molar-refractivity contribution in [3.05, 3.63) is 82.3 Å². The molecule has 146 valence electrons. The Morgan fingerprint density at radius 1 is 1.07 bits per heavy atom. The van der Waals surface area contributed by atoms with Gasteiger partial charge in [-0.05, 0) is 17.7 Å². The molecule has 1 N–H and O–H groups in total. The van der Waals surface area contributed by atoms with E-state index in [2.05, 4.69) is 20.3 Å². The highest BCUT2D eigenvalue weighted by molar-refractivity contribution is 7.99. The van der Waals surface area contributed by atoms with Crippen molar-refractivity contribution >= 4 is 29.1 Å². The smallest absolute Gasteiger partial charge is 0.274 e. The number of hydrogen-bond acceptors (Lipinski definition) is 6. The number of anilines is 1. The van der Waals surface area contributed by atoms with Gasteiger partial charge in [0.25, 0.3) is 11.3 Å². The number of aromatic nitrogens is 5. The van der Waals surface area contributed by atoms with E-state index in [4.69, 9.17) is 0 Å². The highest BCUT2D eigenvalue weighted by Gasteiger charge is 2.16. The maximum absolute atomic E-state index is 12.5. The Hall–Kier alpha value is -3.46. The summed E-state index contributed by atoms with van der Waals surface area (Å²) in [4.78, 5) is 29.1. The van der Waals surface area contributed by atoms with E-state index in [0.717, 1.165) is 11.3 Å². The zero-order chi connectivity index (χ0) is 20.2. The maximum atomic E-state index is 12.5. The molecule has 2 aromatic heterocycles. The summed E-state index contributed by atoms with van der Waals surface area (Å²) in [5, 5.41) is 12.9. The third-order valence-corrected chi connectivity index (χ3v) is 5.28. The quantitative estimate of drug-likeness (QED) is 0.493. The van der Waals surface area contributed by atoms with Crippen molar-refractivity contribution in [3.63, 3.8) is 0 Å². The standard InChI is InChI=1S/C20H18N6O2S/c1-25(15-10-6-3-7-11-15)17(27)13-29-20-23-22-19-21-18(28)16(24-26(19)20)12-14-8-4-2-5-9-14/h2-11H,12-13H2,1H3,(H,21,22,28). The monoisotopic (exact) mass is 406 g/mol. The molecule has 0 aliphatic rings. The number of hydrogen-bond donors (Lipinski definition) is 1. The maximum Gasteiger partial charge on any atom is 0.274 e. The molecule has 1 amide bonds. The first kappa shape index (κ1) is 18.9. The molecule has 0 fully saturated rings. The van der Waals surface area contributed by atoms with Crippen LogP contribution in [0.4, 0.5) is 5.69 Å².